The van der Waals surface area contributed by atoms with Gasteiger partial charge in [0.2, 0.25) is 0 Å². The molecule has 1 aromatic heterocycles. The van der Waals surface area contributed by atoms with E-state index in [1.165, 1.54) is 29.5 Å². The van der Waals surface area contributed by atoms with Crippen LogP contribution in [0.5, 0.6) is 0 Å². The van der Waals surface area contributed by atoms with Gasteiger partial charge in [0.05, 0.1) is 4.92 Å². The van der Waals surface area contributed by atoms with Crippen LogP contribution < -0.4 is 0 Å². The summed E-state index contributed by atoms with van der Waals surface area (Å²) in [7, 11) is 0. The van der Waals surface area contributed by atoms with E-state index >= 15 is 0 Å². The van der Waals surface area contributed by atoms with Gasteiger partial charge in [-0.3, -0.25) is 10.1 Å². The first kappa shape index (κ1) is 16.0. The molecular weight excluding hydrogens is 366 g/mol. The van der Waals surface area contributed by atoms with Gasteiger partial charge in [0.25, 0.3) is 5.69 Å². The van der Waals surface area contributed by atoms with Crippen molar-refractivity contribution in [2.24, 2.45) is 5.16 Å². The van der Waals surface area contributed by atoms with Gasteiger partial charge in [0.15, 0.2) is 22.9 Å². The number of nitro groups is 1. The maximum absolute atomic E-state index is 11.0. The molecule has 134 valence electrons. The van der Waals surface area contributed by atoms with Crippen LogP contribution in [0.25, 0.3) is 11.4 Å². The van der Waals surface area contributed by atoms with Gasteiger partial charge in [0, 0.05) is 23.3 Å². The summed E-state index contributed by atoms with van der Waals surface area (Å²) in [6.45, 7) is 2.03. The molecule has 27 heavy (non-hydrogen) atoms. The first-order chi connectivity index (χ1) is 13.1. The summed E-state index contributed by atoms with van der Waals surface area (Å²) in [5, 5.41) is 20.4. The minimum absolute atomic E-state index is 0.0325. The number of aryl methyl sites for hydroxylation is 1. The minimum Gasteiger partial charge on any atom is -0.384 e. The Balaban J connectivity index is 1.44. The predicted octanol–water partition coefficient (Wildman–Crippen LogP) is 3.57. The fourth-order valence-corrected chi connectivity index (χ4v) is 4.32. The van der Waals surface area contributed by atoms with Gasteiger partial charge >= 0.3 is 0 Å². The topological polar surface area (TPSA) is 95.4 Å². The van der Waals surface area contributed by atoms with Crippen LogP contribution in [0.4, 0.5) is 5.69 Å². The number of nitro benzene ring substituents is 1. The molecule has 0 saturated carbocycles. The molecule has 2 aromatic carbocycles. The van der Waals surface area contributed by atoms with Gasteiger partial charge < -0.3 is 4.84 Å². The van der Waals surface area contributed by atoms with Crippen LogP contribution in [0.15, 0.2) is 58.8 Å². The van der Waals surface area contributed by atoms with Gasteiger partial charge in [-0.05, 0) is 6.92 Å². The number of fused-ring (bicyclic) bond motifs is 3. The molecule has 0 aliphatic carbocycles. The standard InChI is InChI=1S/C18H13N5O3S/c1-10-5-7-11(8-6-10)16-19-18-22(20-16)17-15(27-18)14(26-21-17)12-3-2-4-13(9-12)23(24)25/h2-9,14-15H,1H3. The molecule has 0 radical (unpaired) electrons. The Morgan fingerprint density at radius 2 is 2.04 bits per heavy atom. The second-order valence-corrected chi connectivity index (χ2v) is 7.47. The van der Waals surface area contributed by atoms with E-state index in [1.807, 2.05) is 37.3 Å². The Labute approximate surface area is 158 Å². The monoisotopic (exact) mass is 379 g/mol. The lowest BCUT2D eigenvalue weighted by Crippen LogP contribution is -2.21. The van der Waals surface area contributed by atoms with Crippen molar-refractivity contribution in [3.63, 3.8) is 0 Å². The Bertz CT molecular complexity index is 1090. The predicted molar refractivity (Wildman–Crippen MR) is 99.6 cm³/mol. The Morgan fingerprint density at radius 1 is 1.22 bits per heavy atom. The van der Waals surface area contributed by atoms with Crippen LogP contribution in [0, 0.1) is 17.0 Å². The molecule has 2 aliphatic heterocycles. The zero-order chi connectivity index (χ0) is 18.5. The summed E-state index contributed by atoms with van der Waals surface area (Å²) in [5.74, 6) is 1.30. The minimum atomic E-state index is -0.414. The average Bonchev–Trinajstić information content (AvgIpc) is 3.33. The van der Waals surface area contributed by atoms with Crippen LogP contribution >= 0.6 is 11.8 Å². The summed E-state index contributed by atoms with van der Waals surface area (Å²) in [6, 6.07) is 14.5. The molecule has 0 spiro atoms. The van der Waals surface area contributed by atoms with Crippen molar-refractivity contribution in [2.75, 3.05) is 0 Å². The maximum Gasteiger partial charge on any atom is 0.269 e. The third kappa shape index (κ3) is 2.58. The quantitative estimate of drug-likeness (QED) is 0.510. The van der Waals surface area contributed by atoms with Crippen molar-refractivity contribution in [2.45, 2.75) is 23.4 Å². The summed E-state index contributed by atoms with van der Waals surface area (Å²) in [4.78, 5) is 20.8. The van der Waals surface area contributed by atoms with E-state index in [1.54, 1.807) is 10.7 Å². The van der Waals surface area contributed by atoms with Crippen molar-refractivity contribution >= 4 is 23.3 Å². The summed E-state index contributed by atoms with van der Waals surface area (Å²) < 4.78 is 1.70. The first-order valence-corrected chi connectivity index (χ1v) is 9.17. The molecule has 2 unspecified atom stereocenters. The fourth-order valence-electron chi connectivity index (χ4n) is 3.14. The molecule has 0 N–H and O–H groups in total. The molecule has 0 amide bonds. The summed E-state index contributed by atoms with van der Waals surface area (Å²) in [6.07, 6.45) is -0.406. The summed E-state index contributed by atoms with van der Waals surface area (Å²) >= 11 is 1.51. The van der Waals surface area contributed by atoms with Crippen LogP contribution in [-0.2, 0) is 4.84 Å². The van der Waals surface area contributed by atoms with Crippen molar-refractivity contribution in [3.8, 4) is 11.4 Å². The number of hydrogen-bond donors (Lipinski definition) is 0. The number of thioether (sulfide) groups is 1. The normalized spacial score (nSPS) is 20.0. The lowest BCUT2D eigenvalue weighted by atomic mass is 10.1. The highest BCUT2D eigenvalue weighted by atomic mass is 32.2. The number of non-ortho nitro benzene ring substituents is 1. The van der Waals surface area contributed by atoms with Crippen LogP contribution in [0.3, 0.4) is 0 Å². The van der Waals surface area contributed by atoms with Crippen molar-refractivity contribution in [1.82, 2.24) is 14.8 Å². The first-order valence-electron chi connectivity index (χ1n) is 8.29. The van der Waals surface area contributed by atoms with Crippen molar-refractivity contribution in [3.05, 3.63) is 69.8 Å². The maximum atomic E-state index is 11.0. The van der Waals surface area contributed by atoms with Gasteiger partial charge in [-0.15, -0.1) is 5.10 Å². The second kappa shape index (κ2) is 5.92. The average molecular weight is 379 g/mol. The highest BCUT2D eigenvalue weighted by Gasteiger charge is 2.45. The van der Waals surface area contributed by atoms with Gasteiger partial charge in [-0.2, -0.15) is 4.68 Å². The number of nitrogens with zero attached hydrogens (tertiary/aromatic N) is 5. The third-order valence-electron chi connectivity index (χ3n) is 4.54. The molecule has 9 heteroatoms. The smallest absolute Gasteiger partial charge is 0.269 e. The third-order valence-corrected chi connectivity index (χ3v) is 5.72. The van der Waals surface area contributed by atoms with E-state index in [2.05, 4.69) is 15.2 Å². The molecule has 3 heterocycles. The highest BCUT2D eigenvalue weighted by Crippen LogP contribution is 2.44. The molecule has 0 saturated heterocycles. The number of rotatable bonds is 3. The molecule has 0 fully saturated rings. The zero-order valence-electron chi connectivity index (χ0n) is 14.1. The second-order valence-electron chi connectivity index (χ2n) is 6.36. The van der Waals surface area contributed by atoms with E-state index in [0.717, 1.165) is 10.7 Å². The summed E-state index contributed by atoms with van der Waals surface area (Å²) in [5.41, 5.74) is 2.86. The molecule has 2 aliphatic rings. The lowest BCUT2D eigenvalue weighted by molar-refractivity contribution is -0.385. The molecule has 0 bridgehead atoms. The van der Waals surface area contributed by atoms with E-state index in [0.29, 0.717) is 17.2 Å². The molecule has 3 aromatic rings. The van der Waals surface area contributed by atoms with E-state index in [9.17, 15) is 10.1 Å². The fraction of sp³-hybridized carbons (Fsp3) is 0.167. The molecule has 8 nitrogen and oxygen atoms in total. The molecular formula is C18H13N5O3S. The van der Waals surface area contributed by atoms with Crippen molar-refractivity contribution < 1.29 is 9.76 Å². The number of oxime groups is 1. The molecule has 2 atom stereocenters. The number of benzene rings is 2. The van der Waals surface area contributed by atoms with Crippen molar-refractivity contribution in [1.29, 1.82) is 0 Å². The van der Waals surface area contributed by atoms with Crippen LogP contribution in [0.2, 0.25) is 0 Å². The lowest BCUT2D eigenvalue weighted by Gasteiger charge is -2.13. The van der Waals surface area contributed by atoms with Crippen LogP contribution in [-0.4, -0.2) is 30.8 Å². The van der Waals surface area contributed by atoms with Crippen LogP contribution in [0.1, 0.15) is 17.2 Å². The van der Waals surface area contributed by atoms with E-state index in [-0.39, 0.29) is 10.9 Å². The van der Waals surface area contributed by atoms with Gasteiger partial charge in [-0.1, -0.05) is 58.9 Å². The number of hydrogen-bond acceptors (Lipinski definition) is 7. The Hall–Kier alpha value is -3.20. The van der Waals surface area contributed by atoms with Gasteiger partial charge in [-0.25, -0.2) is 4.98 Å². The number of aromatic nitrogens is 3. The zero-order valence-corrected chi connectivity index (χ0v) is 15.0. The van der Waals surface area contributed by atoms with E-state index < -0.39 is 11.0 Å². The largest absolute Gasteiger partial charge is 0.384 e. The Kier molecular flexibility index (Phi) is 3.51. The Morgan fingerprint density at radius 3 is 2.81 bits per heavy atom. The van der Waals surface area contributed by atoms with Gasteiger partial charge in [0.1, 0.15) is 5.25 Å². The van der Waals surface area contributed by atoms with E-state index in [4.69, 9.17) is 4.84 Å². The SMILES string of the molecule is Cc1ccc(-c2nc3n(n2)C2=NOC(c4cccc([N+](=O)[O-])c4)C2S3)cc1. The molecule has 5 rings (SSSR count). The highest BCUT2D eigenvalue weighted by molar-refractivity contribution is 8.01.